The molecule has 0 spiro atoms. The predicted octanol–water partition coefficient (Wildman–Crippen LogP) is 1.83. The Morgan fingerprint density at radius 2 is 2.27 bits per heavy atom. The molecule has 0 saturated heterocycles. The zero-order valence-corrected chi connectivity index (χ0v) is 10.3. The minimum absolute atomic E-state index is 0.219. The lowest BCUT2D eigenvalue weighted by Crippen LogP contribution is -2.02. The number of phenolic OH excluding ortho intramolecular Hbond substituents is 1. The van der Waals surface area contributed by atoms with Crippen molar-refractivity contribution in [2.45, 2.75) is 12.7 Å². The summed E-state index contributed by atoms with van der Waals surface area (Å²) in [5.41, 5.74) is 1.21. The maximum Gasteiger partial charge on any atom is 0.161 e. The van der Waals surface area contributed by atoms with E-state index in [0.717, 1.165) is 5.75 Å². The first-order valence-electron chi connectivity index (χ1n) is 5.13. The van der Waals surface area contributed by atoms with Crippen molar-refractivity contribution in [1.29, 1.82) is 0 Å². The first-order valence-corrected chi connectivity index (χ1v) is 6.53. The van der Waals surface area contributed by atoms with Crippen LogP contribution in [0.25, 0.3) is 0 Å². The normalized spacial score (nSPS) is 12.4. The van der Waals surface area contributed by atoms with Crippen molar-refractivity contribution in [2.75, 3.05) is 18.6 Å². The molecular weight excluding hydrogens is 207 g/mol. The Balaban J connectivity index is 2.86. The number of benzene rings is 1. The standard InChI is InChI=1S/C11H17BO2S/c1-3-14-11-6-8(4-5-10(11)13)9(12)7-15-2/h4-6,9,13H,3,7,12H2,1-2H3/t9-/m0/s1. The first-order chi connectivity index (χ1) is 7.19. The molecule has 0 aliphatic heterocycles. The van der Waals surface area contributed by atoms with E-state index >= 15 is 0 Å². The molecule has 0 amide bonds. The molecule has 1 aromatic rings. The van der Waals surface area contributed by atoms with Crippen LogP contribution in [0, 0.1) is 0 Å². The summed E-state index contributed by atoms with van der Waals surface area (Å²) in [7, 11) is 2.18. The van der Waals surface area contributed by atoms with Crippen LogP contribution in [-0.4, -0.2) is 31.6 Å². The lowest BCUT2D eigenvalue weighted by molar-refractivity contribution is 0.318. The minimum atomic E-state index is 0.219. The molecule has 82 valence electrons. The Hall–Kier alpha value is -0.765. The number of hydrogen-bond donors (Lipinski definition) is 1. The van der Waals surface area contributed by atoms with Gasteiger partial charge in [0.15, 0.2) is 11.5 Å². The molecule has 0 aliphatic carbocycles. The smallest absolute Gasteiger partial charge is 0.161 e. The molecule has 1 atom stereocenters. The van der Waals surface area contributed by atoms with Crippen molar-refractivity contribution < 1.29 is 9.84 Å². The third kappa shape index (κ3) is 3.38. The van der Waals surface area contributed by atoms with Crippen LogP contribution < -0.4 is 4.74 Å². The monoisotopic (exact) mass is 224 g/mol. The maximum atomic E-state index is 9.55. The molecule has 0 aromatic heterocycles. The molecule has 1 aromatic carbocycles. The number of rotatable bonds is 5. The van der Waals surface area contributed by atoms with Crippen LogP contribution in [0.2, 0.25) is 0 Å². The van der Waals surface area contributed by atoms with Gasteiger partial charge >= 0.3 is 0 Å². The van der Waals surface area contributed by atoms with E-state index in [-0.39, 0.29) is 5.75 Å². The van der Waals surface area contributed by atoms with Crippen LogP contribution >= 0.6 is 11.8 Å². The Labute approximate surface area is 96.4 Å². The van der Waals surface area contributed by atoms with Crippen molar-refractivity contribution in [1.82, 2.24) is 0 Å². The lowest BCUT2D eigenvalue weighted by Gasteiger charge is -2.13. The van der Waals surface area contributed by atoms with Gasteiger partial charge in [-0.2, -0.15) is 11.8 Å². The van der Waals surface area contributed by atoms with Crippen molar-refractivity contribution in [2.24, 2.45) is 0 Å². The fourth-order valence-corrected chi connectivity index (χ4v) is 2.15. The highest BCUT2D eigenvalue weighted by atomic mass is 32.2. The van der Waals surface area contributed by atoms with Gasteiger partial charge in [0.25, 0.3) is 0 Å². The van der Waals surface area contributed by atoms with Crippen molar-refractivity contribution >= 4 is 19.6 Å². The predicted molar refractivity (Wildman–Crippen MR) is 68.9 cm³/mol. The zero-order valence-electron chi connectivity index (χ0n) is 9.49. The Morgan fingerprint density at radius 3 is 2.87 bits per heavy atom. The van der Waals surface area contributed by atoms with Gasteiger partial charge in [-0.15, -0.1) is 0 Å². The second-order valence-electron chi connectivity index (χ2n) is 3.52. The van der Waals surface area contributed by atoms with Gasteiger partial charge in [-0.05, 0) is 42.4 Å². The summed E-state index contributed by atoms with van der Waals surface area (Å²) in [5.74, 6) is 2.37. The van der Waals surface area contributed by atoms with E-state index in [1.807, 2.05) is 30.8 Å². The van der Waals surface area contributed by atoms with Gasteiger partial charge in [-0.1, -0.05) is 6.07 Å². The van der Waals surface area contributed by atoms with Crippen LogP contribution in [-0.2, 0) is 0 Å². The van der Waals surface area contributed by atoms with E-state index in [9.17, 15) is 5.11 Å². The molecule has 0 saturated carbocycles. The summed E-state index contributed by atoms with van der Waals surface area (Å²) < 4.78 is 5.35. The highest BCUT2D eigenvalue weighted by molar-refractivity contribution is 7.98. The molecule has 15 heavy (non-hydrogen) atoms. The quantitative estimate of drug-likeness (QED) is 0.773. The van der Waals surface area contributed by atoms with Crippen LogP contribution in [0.15, 0.2) is 18.2 Å². The molecular formula is C11H17BO2S. The van der Waals surface area contributed by atoms with Crippen molar-refractivity contribution in [3.05, 3.63) is 23.8 Å². The average molecular weight is 224 g/mol. The van der Waals surface area contributed by atoms with E-state index in [1.165, 1.54) is 5.56 Å². The van der Waals surface area contributed by atoms with Gasteiger partial charge in [-0.3, -0.25) is 0 Å². The minimum Gasteiger partial charge on any atom is -0.504 e. The fourth-order valence-electron chi connectivity index (χ4n) is 1.45. The van der Waals surface area contributed by atoms with Gasteiger partial charge in [0.05, 0.1) is 6.61 Å². The van der Waals surface area contributed by atoms with Crippen LogP contribution in [0.4, 0.5) is 0 Å². The summed E-state index contributed by atoms with van der Waals surface area (Å²) in [6, 6.07) is 5.59. The van der Waals surface area contributed by atoms with E-state index in [4.69, 9.17) is 4.74 Å². The van der Waals surface area contributed by atoms with E-state index in [2.05, 4.69) is 14.1 Å². The summed E-state index contributed by atoms with van der Waals surface area (Å²) in [4.78, 5) is 0. The number of phenols is 1. The molecule has 0 heterocycles. The van der Waals surface area contributed by atoms with Crippen molar-refractivity contribution in [3.8, 4) is 11.5 Å². The molecule has 0 fully saturated rings. The van der Waals surface area contributed by atoms with Crippen LogP contribution in [0.5, 0.6) is 11.5 Å². The molecule has 0 bridgehead atoms. The molecule has 1 N–H and O–H groups in total. The van der Waals surface area contributed by atoms with Crippen molar-refractivity contribution in [3.63, 3.8) is 0 Å². The Bertz CT molecular complexity index is 317. The molecule has 4 heteroatoms. The number of ether oxygens (including phenoxy) is 1. The van der Waals surface area contributed by atoms with Gasteiger partial charge in [0.2, 0.25) is 0 Å². The van der Waals surface area contributed by atoms with Crippen LogP contribution in [0.1, 0.15) is 18.3 Å². The van der Waals surface area contributed by atoms with Crippen LogP contribution in [0.3, 0.4) is 0 Å². The third-order valence-corrected chi connectivity index (χ3v) is 3.10. The highest BCUT2D eigenvalue weighted by Gasteiger charge is 2.08. The third-order valence-electron chi connectivity index (χ3n) is 2.27. The SMILES string of the molecule is B[C@@H](CSC)c1ccc(O)c(OCC)c1. The topological polar surface area (TPSA) is 29.5 Å². The van der Waals surface area contributed by atoms with Gasteiger partial charge < -0.3 is 9.84 Å². The maximum absolute atomic E-state index is 9.55. The summed E-state index contributed by atoms with van der Waals surface area (Å²) in [6.07, 6.45) is 2.10. The molecule has 0 radical (unpaired) electrons. The molecule has 1 rings (SSSR count). The second kappa shape index (κ2) is 5.96. The Kier molecular flexibility index (Phi) is 4.89. The van der Waals surface area contributed by atoms with Gasteiger partial charge in [0.1, 0.15) is 7.85 Å². The second-order valence-corrected chi connectivity index (χ2v) is 4.43. The number of thioether (sulfide) groups is 1. The number of hydrogen-bond acceptors (Lipinski definition) is 3. The highest BCUT2D eigenvalue weighted by Crippen LogP contribution is 2.29. The fraction of sp³-hybridized carbons (Fsp3) is 0.455. The van der Waals surface area contributed by atoms with Gasteiger partial charge in [-0.25, -0.2) is 0 Å². The largest absolute Gasteiger partial charge is 0.504 e. The molecule has 2 nitrogen and oxygen atoms in total. The average Bonchev–Trinajstić information content (AvgIpc) is 2.22. The Morgan fingerprint density at radius 1 is 1.53 bits per heavy atom. The van der Waals surface area contributed by atoms with E-state index < -0.39 is 0 Å². The summed E-state index contributed by atoms with van der Waals surface area (Å²) >= 11 is 1.82. The molecule has 0 unspecified atom stereocenters. The summed E-state index contributed by atoms with van der Waals surface area (Å²) in [6.45, 7) is 2.49. The number of aromatic hydroxyl groups is 1. The van der Waals surface area contributed by atoms with E-state index in [0.29, 0.717) is 18.2 Å². The first kappa shape index (κ1) is 12.3. The summed E-state index contributed by atoms with van der Waals surface area (Å²) in [5, 5.41) is 9.55. The van der Waals surface area contributed by atoms with E-state index in [1.54, 1.807) is 6.07 Å². The zero-order chi connectivity index (χ0) is 11.3. The van der Waals surface area contributed by atoms with Gasteiger partial charge in [0, 0.05) is 0 Å². The lowest BCUT2D eigenvalue weighted by atomic mass is 9.83. The molecule has 0 aliphatic rings.